The monoisotopic (exact) mass is 359 g/mol. The highest BCUT2D eigenvalue weighted by atomic mass is 16.6. The zero-order valence-electron chi connectivity index (χ0n) is 14.1. The maximum atomic E-state index is 11.7. The lowest BCUT2D eigenvalue weighted by atomic mass is 10.0. The highest BCUT2D eigenvalue weighted by molar-refractivity contribution is 5.95. The minimum absolute atomic E-state index is 0.113. The van der Waals surface area contributed by atoms with Gasteiger partial charge in [0.15, 0.2) is 6.61 Å². The Morgan fingerprint density at radius 3 is 2.42 bits per heavy atom. The Hall–Kier alpha value is -3.62. The molecule has 2 aromatic carbocycles. The van der Waals surface area contributed by atoms with E-state index in [-0.39, 0.29) is 11.4 Å². The number of imide groups is 1. The molecule has 9 heteroatoms. The third-order valence-electron chi connectivity index (χ3n) is 3.41. The van der Waals surface area contributed by atoms with Crippen molar-refractivity contribution in [3.05, 3.63) is 52.6 Å². The highest BCUT2D eigenvalue weighted by Gasteiger charge is 2.15. The van der Waals surface area contributed by atoms with E-state index in [1.54, 1.807) is 24.3 Å². The zero-order valence-corrected chi connectivity index (χ0v) is 14.1. The first-order chi connectivity index (χ1) is 12.4. The standard InChI is InChI=1S/C17H17N3O6/c1-18-17(22)19-16(21)10-26-15-8-5-12(20(23)24)9-14(15)11-3-6-13(25-2)7-4-11/h3-9H,10H2,1-2H3,(H2,18,19,21,22). The van der Waals surface area contributed by atoms with E-state index in [4.69, 9.17) is 9.47 Å². The molecule has 136 valence electrons. The highest BCUT2D eigenvalue weighted by Crippen LogP contribution is 2.34. The average molecular weight is 359 g/mol. The summed E-state index contributed by atoms with van der Waals surface area (Å²) in [6.45, 7) is -0.422. The lowest BCUT2D eigenvalue weighted by molar-refractivity contribution is -0.384. The average Bonchev–Trinajstić information content (AvgIpc) is 2.66. The van der Waals surface area contributed by atoms with Crippen molar-refractivity contribution in [1.82, 2.24) is 10.6 Å². The largest absolute Gasteiger partial charge is 0.497 e. The maximum Gasteiger partial charge on any atom is 0.321 e. The first-order valence-corrected chi connectivity index (χ1v) is 7.52. The van der Waals surface area contributed by atoms with Gasteiger partial charge >= 0.3 is 6.03 Å². The number of nitro groups is 1. The second-order valence-corrected chi connectivity index (χ2v) is 5.08. The van der Waals surface area contributed by atoms with Gasteiger partial charge in [-0.05, 0) is 23.8 Å². The zero-order chi connectivity index (χ0) is 19.1. The summed E-state index contributed by atoms with van der Waals surface area (Å²) in [6.07, 6.45) is 0. The molecule has 2 rings (SSSR count). The molecule has 9 nitrogen and oxygen atoms in total. The van der Waals surface area contributed by atoms with Crippen molar-refractivity contribution in [3.63, 3.8) is 0 Å². The molecular formula is C17H17N3O6. The van der Waals surface area contributed by atoms with Crippen LogP contribution in [0.5, 0.6) is 11.5 Å². The molecule has 0 spiro atoms. The van der Waals surface area contributed by atoms with Gasteiger partial charge in [-0.15, -0.1) is 0 Å². The number of nitrogens with one attached hydrogen (secondary N) is 2. The van der Waals surface area contributed by atoms with Crippen LogP contribution in [-0.4, -0.2) is 37.6 Å². The van der Waals surface area contributed by atoms with Crippen LogP contribution in [0.2, 0.25) is 0 Å². The van der Waals surface area contributed by atoms with Gasteiger partial charge in [-0.25, -0.2) is 4.79 Å². The number of benzene rings is 2. The van der Waals surface area contributed by atoms with Crippen LogP contribution in [0.1, 0.15) is 0 Å². The molecule has 2 N–H and O–H groups in total. The topological polar surface area (TPSA) is 120 Å². The number of nitro benzene ring substituents is 1. The minimum Gasteiger partial charge on any atom is -0.497 e. The third kappa shape index (κ3) is 4.69. The van der Waals surface area contributed by atoms with Crippen LogP contribution in [-0.2, 0) is 4.79 Å². The van der Waals surface area contributed by atoms with Crippen molar-refractivity contribution in [2.75, 3.05) is 20.8 Å². The summed E-state index contributed by atoms with van der Waals surface area (Å²) in [5, 5.41) is 15.4. The maximum absolute atomic E-state index is 11.7. The molecule has 0 saturated heterocycles. The predicted molar refractivity (Wildman–Crippen MR) is 93.2 cm³/mol. The molecule has 0 heterocycles. The van der Waals surface area contributed by atoms with E-state index in [2.05, 4.69) is 10.6 Å². The van der Waals surface area contributed by atoms with Crippen LogP contribution in [0.3, 0.4) is 0 Å². The Kier molecular flexibility index (Phi) is 6.10. The number of amides is 3. The van der Waals surface area contributed by atoms with E-state index in [1.165, 1.54) is 32.4 Å². The second-order valence-electron chi connectivity index (χ2n) is 5.08. The Bertz CT molecular complexity index is 820. The Labute approximate surface area is 149 Å². The minimum atomic E-state index is -0.655. The summed E-state index contributed by atoms with van der Waals surface area (Å²) < 4.78 is 10.5. The molecule has 0 aliphatic heterocycles. The second kappa shape index (κ2) is 8.47. The van der Waals surface area contributed by atoms with Crippen LogP contribution in [0.25, 0.3) is 11.1 Å². The summed E-state index contributed by atoms with van der Waals surface area (Å²) >= 11 is 0. The van der Waals surface area contributed by atoms with Crippen molar-refractivity contribution < 1.29 is 24.0 Å². The van der Waals surface area contributed by atoms with Crippen molar-refractivity contribution in [1.29, 1.82) is 0 Å². The summed E-state index contributed by atoms with van der Waals surface area (Å²) in [4.78, 5) is 33.3. The van der Waals surface area contributed by atoms with Crippen molar-refractivity contribution in [3.8, 4) is 22.6 Å². The van der Waals surface area contributed by atoms with E-state index in [1.807, 2.05) is 0 Å². The normalized spacial score (nSPS) is 9.92. The van der Waals surface area contributed by atoms with Crippen molar-refractivity contribution in [2.45, 2.75) is 0 Å². The lowest BCUT2D eigenvalue weighted by Gasteiger charge is -2.12. The number of carbonyl (C=O) groups is 2. The first-order valence-electron chi connectivity index (χ1n) is 7.52. The smallest absolute Gasteiger partial charge is 0.321 e. The Morgan fingerprint density at radius 2 is 1.85 bits per heavy atom. The number of urea groups is 1. The molecule has 0 radical (unpaired) electrons. The fourth-order valence-corrected chi connectivity index (χ4v) is 2.12. The molecule has 0 atom stereocenters. The summed E-state index contributed by atoms with van der Waals surface area (Å²) in [5.74, 6) is 0.253. The van der Waals surface area contributed by atoms with Crippen LogP contribution in [0.4, 0.5) is 10.5 Å². The first kappa shape index (κ1) is 18.7. The Balaban J connectivity index is 2.28. The summed E-state index contributed by atoms with van der Waals surface area (Å²) in [7, 11) is 2.91. The molecule has 0 fully saturated rings. The van der Waals surface area contributed by atoms with Gasteiger partial charge in [-0.2, -0.15) is 0 Å². The summed E-state index contributed by atoms with van der Waals surface area (Å²) in [6, 6.07) is 10.2. The number of non-ortho nitro benzene ring substituents is 1. The van der Waals surface area contributed by atoms with Gasteiger partial charge in [0.1, 0.15) is 11.5 Å². The van der Waals surface area contributed by atoms with Gasteiger partial charge < -0.3 is 14.8 Å². The van der Waals surface area contributed by atoms with Gasteiger partial charge in [0, 0.05) is 24.7 Å². The van der Waals surface area contributed by atoms with E-state index >= 15 is 0 Å². The summed E-state index contributed by atoms with van der Waals surface area (Å²) in [5.41, 5.74) is 0.976. The molecular weight excluding hydrogens is 342 g/mol. The van der Waals surface area contributed by atoms with Crippen molar-refractivity contribution >= 4 is 17.6 Å². The predicted octanol–water partition coefficient (Wildman–Crippen LogP) is 2.10. The number of hydrogen-bond acceptors (Lipinski definition) is 6. The molecule has 26 heavy (non-hydrogen) atoms. The number of nitrogens with zero attached hydrogens (tertiary/aromatic N) is 1. The number of methoxy groups -OCH3 is 1. The molecule has 0 aromatic heterocycles. The number of ether oxygens (including phenoxy) is 2. The number of rotatable bonds is 6. The molecule has 0 bridgehead atoms. The number of carbonyl (C=O) groups excluding carboxylic acids is 2. The van der Waals surface area contributed by atoms with E-state index in [9.17, 15) is 19.7 Å². The van der Waals surface area contributed by atoms with Gasteiger partial charge in [0.05, 0.1) is 12.0 Å². The van der Waals surface area contributed by atoms with Crippen LogP contribution in [0.15, 0.2) is 42.5 Å². The van der Waals surface area contributed by atoms with Gasteiger partial charge in [0.2, 0.25) is 0 Å². The van der Waals surface area contributed by atoms with E-state index < -0.39 is 23.5 Å². The molecule has 0 aliphatic rings. The fourth-order valence-electron chi connectivity index (χ4n) is 2.12. The van der Waals surface area contributed by atoms with Crippen molar-refractivity contribution in [2.24, 2.45) is 0 Å². The molecule has 0 saturated carbocycles. The van der Waals surface area contributed by atoms with E-state index in [0.717, 1.165) is 0 Å². The van der Waals surface area contributed by atoms with Crippen LogP contribution >= 0.6 is 0 Å². The molecule has 0 unspecified atom stereocenters. The Morgan fingerprint density at radius 1 is 1.15 bits per heavy atom. The fraction of sp³-hybridized carbons (Fsp3) is 0.176. The molecule has 0 aliphatic carbocycles. The quantitative estimate of drug-likeness (QED) is 0.602. The van der Waals surface area contributed by atoms with E-state index in [0.29, 0.717) is 16.9 Å². The number of hydrogen-bond donors (Lipinski definition) is 2. The molecule has 3 amide bonds. The van der Waals surface area contributed by atoms with Crippen LogP contribution < -0.4 is 20.1 Å². The van der Waals surface area contributed by atoms with Crippen LogP contribution in [0, 0.1) is 10.1 Å². The van der Waals surface area contributed by atoms with Gasteiger partial charge in [0.25, 0.3) is 11.6 Å². The lowest BCUT2D eigenvalue weighted by Crippen LogP contribution is -2.39. The van der Waals surface area contributed by atoms with Gasteiger partial charge in [-0.1, -0.05) is 12.1 Å². The SMILES string of the molecule is CNC(=O)NC(=O)COc1ccc([N+](=O)[O-])cc1-c1ccc(OC)cc1. The van der Waals surface area contributed by atoms with Gasteiger partial charge in [-0.3, -0.25) is 20.2 Å². The third-order valence-corrected chi connectivity index (χ3v) is 3.41. The molecule has 2 aromatic rings.